The summed E-state index contributed by atoms with van der Waals surface area (Å²) in [6, 6.07) is 55.2. The molecule has 0 bridgehead atoms. The van der Waals surface area contributed by atoms with Crippen LogP contribution in [0.5, 0.6) is 0 Å². The van der Waals surface area contributed by atoms with Crippen LogP contribution in [0.4, 0.5) is 0 Å². The molecule has 1 aliphatic carbocycles. The molecule has 6 atom stereocenters. The summed E-state index contributed by atoms with van der Waals surface area (Å²) in [5, 5.41) is 17.3. The average molecular weight is 1670 g/mol. The first-order valence-electron chi connectivity index (χ1n) is 37.4. The first-order chi connectivity index (χ1) is 53.7. The summed E-state index contributed by atoms with van der Waals surface area (Å²) in [5.74, 6) is -5.27. The minimum absolute atomic E-state index is 0.0458. The number of hydrogen-bond donors (Lipinski definition) is 0. The number of rotatable bonds is 30. The highest BCUT2D eigenvalue weighted by Crippen LogP contribution is 2.28. The van der Waals surface area contributed by atoms with Crippen LogP contribution >= 0.6 is 0 Å². The number of benzene rings is 6. The molecule has 0 aliphatic heterocycles. The Hall–Kier alpha value is -9.94. The molecule has 0 aromatic heterocycles. The summed E-state index contributed by atoms with van der Waals surface area (Å²) < 4.78 is 128. The predicted octanol–water partition coefficient (Wildman–Crippen LogP) is 13.7. The molecule has 0 saturated heterocycles. The highest BCUT2D eigenvalue weighted by molar-refractivity contribution is 7.92. The number of hydrogen-bond acceptors (Lipinski definition) is 25. The number of ether oxygens (including phenoxy) is 7. The minimum Gasteiger partial charge on any atom is -0.465 e. The number of carbonyl (C=O) groups excluding carboxylic acids is 8. The van der Waals surface area contributed by atoms with Gasteiger partial charge in [-0.2, -0.15) is 10.5 Å². The molecule has 630 valence electrons. The van der Waals surface area contributed by atoms with E-state index in [0.717, 1.165) is 29.2 Å². The van der Waals surface area contributed by atoms with Gasteiger partial charge in [0.1, 0.15) is 50.7 Å². The van der Waals surface area contributed by atoms with Crippen LogP contribution in [0.1, 0.15) is 162 Å². The maximum absolute atomic E-state index is 12.6. The second kappa shape index (κ2) is 52.5. The second-order valence-corrected chi connectivity index (χ2v) is 37.5. The monoisotopic (exact) mass is 1670 g/mol. The molecular formula is C86H114N2O23S4. The van der Waals surface area contributed by atoms with Crippen molar-refractivity contribution in [1.82, 2.24) is 0 Å². The third-order valence-electron chi connectivity index (χ3n) is 15.7. The quantitative estimate of drug-likeness (QED) is 0.0298. The number of Topliss-reactive ketones (excluding diaryl/α,β-unsaturated/α-hetero) is 1. The Morgan fingerprint density at radius 3 is 1.10 bits per heavy atom. The van der Waals surface area contributed by atoms with E-state index in [1.54, 1.807) is 208 Å². The lowest BCUT2D eigenvalue weighted by molar-refractivity contribution is -0.153. The molecular weight excluding hydrogens is 1560 g/mol. The number of sulfone groups is 4. The molecule has 29 heteroatoms. The van der Waals surface area contributed by atoms with E-state index in [4.69, 9.17) is 38.9 Å². The van der Waals surface area contributed by atoms with Crippen molar-refractivity contribution in [3.8, 4) is 12.1 Å². The summed E-state index contributed by atoms with van der Waals surface area (Å²) in [6.45, 7) is 28.1. The molecule has 7 rings (SSSR count). The van der Waals surface area contributed by atoms with Crippen LogP contribution in [-0.4, -0.2) is 149 Å². The number of ketones is 1. The SMILES string of the molecule is CC(C#N)COC(=O)C(C)C.CC(C)C(=O)OC(CS(=O)(=O)c1ccccc1)c1ccccc1.CC(C)C(=O)OC(CS(C)(=O)=O)c1ccccc1.CC(C)C(=O)OCC(C#N)c1ccccc1.CC(C)C(=O)OCC1Cc2ccccc2C1=O.CC(C)C(=O)OCCS(C)(=O)=O.CC(CS(=O)(=O)c1ccccc1)OC(=O)C(C)C. The lowest BCUT2D eigenvalue weighted by Gasteiger charge is -2.19. The van der Waals surface area contributed by atoms with E-state index < -0.39 is 69.6 Å². The lowest BCUT2D eigenvalue weighted by atomic mass is 10.0. The van der Waals surface area contributed by atoms with E-state index >= 15 is 0 Å². The Balaban J connectivity index is 0.000000679. The Labute approximate surface area is 680 Å². The fourth-order valence-corrected chi connectivity index (χ4v) is 13.1. The second-order valence-electron chi connectivity index (χ2n) is 29.0. The van der Waals surface area contributed by atoms with Gasteiger partial charge in [0, 0.05) is 18.1 Å². The fraction of sp³-hybridized carbons (Fsp3) is 0.465. The van der Waals surface area contributed by atoms with E-state index in [-0.39, 0.29) is 154 Å². The molecule has 0 fully saturated rings. The topological polar surface area (TPSA) is 385 Å². The van der Waals surface area contributed by atoms with E-state index in [1.165, 1.54) is 12.1 Å². The maximum Gasteiger partial charge on any atom is 0.309 e. The van der Waals surface area contributed by atoms with Gasteiger partial charge in [0.05, 0.1) is 98.2 Å². The number of nitrogens with zero attached hydrogens (tertiary/aromatic N) is 2. The van der Waals surface area contributed by atoms with Crippen molar-refractivity contribution in [2.75, 3.05) is 62.0 Å². The third kappa shape index (κ3) is 43.4. The van der Waals surface area contributed by atoms with Crippen molar-refractivity contribution < 1.29 is 105 Å². The largest absolute Gasteiger partial charge is 0.465 e. The Kier molecular flexibility index (Phi) is 47.1. The van der Waals surface area contributed by atoms with Gasteiger partial charge in [-0.15, -0.1) is 0 Å². The molecule has 0 heterocycles. The zero-order chi connectivity index (χ0) is 87.4. The van der Waals surface area contributed by atoms with Crippen molar-refractivity contribution in [3.63, 3.8) is 0 Å². The lowest BCUT2D eigenvalue weighted by Crippen LogP contribution is -2.26. The molecule has 115 heavy (non-hydrogen) atoms. The van der Waals surface area contributed by atoms with Crippen molar-refractivity contribution in [3.05, 3.63) is 204 Å². The van der Waals surface area contributed by atoms with E-state index in [2.05, 4.69) is 10.8 Å². The van der Waals surface area contributed by atoms with E-state index in [0.29, 0.717) is 17.5 Å². The highest BCUT2D eigenvalue weighted by Gasteiger charge is 2.32. The van der Waals surface area contributed by atoms with Gasteiger partial charge in [-0.3, -0.25) is 38.4 Å². The van der Waals surface area contributed by atoms with Crippen LogP contribution in [0, 0.1) is 75.9 Å². The highest BCUT2D eigenvalue weighted by atomic mass is 32.2. The fourth-order valence-electron chi connectivity index (χ4n) is 8.98. The van der Waals surface area contributed by atoms with E-state index in [9.17, 15) is 72.0 Å². The zero-order valence-corrected chi connectivity index (χ0v) is 72.3. The van der Waals surface area contributed by atoms with Crippen LogP contribution in [0.25, 0.3) is 0 Å². The van der Waals surface area contributed by atoms with Crippen LogP contribution in [0.2, 0.25) is 0 Å². The predicted molar refractivity (Wildman–Crippen MR) is 438 cm³/mol. The van der Waals surface area contributed by atoms with Gasteiger partial charge in [-0.1, -0.05) is 249 Å². The van der Waals surface area contributed by atoms with Gasteiger partial charge < -0.3 is 33.2 Å². The molecule has 0 spiro atoms. The third-order valence-corrected chi connectivity index (χ3v) is 21.1. The molecule has 6 aromatic carbocycles. The molecule has 6 aromatic rings. The number of fused-ring (bicyclic) bond motifs is 1. The van der Waals surface area contributed by atoms with Gasteiger partial charge >= 0.3 is 41.8 Å². The molecule has 1 aliphatic rings. The Morgan fingerprint density at radius 1 is 0.383 bits per heavy atom. The summed E-state index contributed by atoms with van der Waals surface area (Å²) >= 11 is 0. The molecule has 0 amide bonds. The normalized spacial score (nSPS) is 13.5. The molecule has 0 radical (unpaired) electrons. The Morgan fingerprint density at radius 2 is 0.722 bits per heavy atom. The number of nitriles is 2. The first kappa shape index (κ1) is 103. The zero-order valence-electron chi connectivity index (χ0n) is 69.0. The van der Waals surface area contributed by atoms with Crippen molar-refractivity contribution in [2.45, 2.75) is 151 Å². The van der Waals surface area contributed by atoms with E-state index in [1.807, 2.05) is 72.8 Å². The van der Waals surface area contributed by atoms with Gasteiger partial charge in [-0.05, 0) is 66.8 Å². The number of esters is 7. The minimum atomic E-state index is -3.56. The standard InChI is InChI=1S/C18H20O4S.C14H16O3.C13H15NO2.2C13H18O4S.C8H13NO2.C7H14O4S/c1-14(2)18(19)22-17(15-9-5-3-6-10-15)13-23(20,21)16-11-7-4-8-12-16;1-9(2)14(16)17-8-11-7-10-5-3-4-6-12(10)13(11)15;1-10(2)13(15)16-9-12(8-14)11-6-4-3-5-7-11;1-10(2)13(14)17-12(9-18(3,15)16)11-7-5-4-6-8-11;1-10(2)13(14)17-11(3)9-18(15,16)12-7-5-4-6-8-12;1-6(2)8(10)11-5-7(3)4-9;1-6(2)7(8)11-4-5-12(3,9)10/h3-12,14,17H,13H2,1-2H3;3-6,9,11H,7-8H2,1-2H3;3-7,10,12H,9H2,1-2H3;4-8,10,12H,9H2,1-3H3;4-8,10-11H,9H2,1-3H3;6-7H,5H2,1-3H3;6H,4-5H2,1-3H3. The molecule has 6 unspecified atom stereocenters. The average Bonchev–Trinajstić information content (AvgIpc) is 1.63. The Bertz CT molecular complexity index is 4550. The van der Waals surface area contributed by atoms with Crippen LogP contribution < -0.4 is 0 Å². The van der Waals surface area contributed by atoms with Gasteiger partial charge in [0.2, 0.25) is 0 Å². The summed E-state index contributed by atoms with van der Waals surface area (Å²) in [7, 11) is -13.2. The van der Waals surface area contributed by atoms with Crippen LogP contribution in [0.3, 0.4) is 0 Å². The summed E-state index contributed by atoms with van der Waals surface area (Å²) in [6.07, 6.45) is 0.709. The number of carbonyl (C=O) groups is 8. The van der Waals surface area contributed by atoms with Crippen LogP contribution in [-0.2, 0) is 112 Å². The van der Waals surface area contributed by atoms with Crippen molar-refractivity contribution in [2.24, 2.45) is 53.3 Å². The van der Waals surface area contributed by atoms with Crippen molar-refractivity contribution in [1.29, 1.82) is 10.5 Å². The maximum atomic E-state index is 12.6. The van der Waals surface area contributed by atoms with Crippen molar-refractivity contribution >= 4 is 86.9 Å². The molecule has 0 N–H and O–H groups in total. The van der Waals surface area contributed by atoms with Gasteiger partial charge in [-0.25, -0.2) is 33.7 Å². The van der Waals surface area contributed by atoms with Gasteiger partial charge in [0.25, 0.3) is 0 Å². The first-order valence-corrected chi connectivity index (χ1v) is 44.8. The summed E-state index contributed by atoms with van der Waals surface area (Å²) in [5.41, 5.74) is 4.07. The van der Waals surface area contributed by atoms with Crippen LogP contribution in [0.15, 0.2) is 186 Å². The summed E-state index contributed by atoms with van der Waals surface area (Å²) in [4.78, 5) is 91.6. The van der Waals surface area contributed by atoms with Gasteiger partial charge in [0.15, 0.2) is 45.1 Å². The smallest absolute Gasteiger partial charge is 0.309 e. The molecule has 25 nitrogen and oxygen atoms in total. The molecule has 0 saturated carbocycles.